The summed E-state index contributed by atoms with van der Waals surface area (Å²) in [5.74, 6) is -23.0. The van der Waals surface area contributed by atoms with Crippen molar-refractivity contribution in [2.24, 2.45) is 0 Å². The Kier molecular flexibility index (Phi) is 5.37. The molecule has 0 radical (unpaired) electrons. The molecule has 0 spiro atoms. The van der Waals surface area contributed by atoms with Crippen LogP contribution in [0.3, 0.4) is 0 Å². The van der Waals surface area contributed by atoms with Gasteiger partial charge < -0.3 is 0 Å². The molecule has 0 unspecified atom stereocenters. The van der Waals surface area contributed by atoms with Crippen LogP contribution in [0.15, 0.2) is 22.7 Å². The highest BCUT2D eigenvalue weighted by Crippen LogP contribution is 2.42. The third-order valence-electron chi connectivity index (χ3n) is 3.96. The van der Waals surface area contributed by atoms with Gasteiger partial charge in [-0.25, -0.2) is 43.9 Å². The highest BCUT2D eigenvalue weighted by atomic mass is 79.9. The highest BCUT2D eigenvalue weighted by Gasteiger charge is 2.31. The van der Waals surface area contributed by atoms with E-state index in [1.807, 2.05) is 0 Å². The summed E-state index contributed by atoms with van der Waals surface area (Å²) in [5, 5.41) is 0. The van der Waals surface area contributed by atoms with Gasteiger partial charge in [0.2, 0.25) is 11.6 Å². The molecule has 29 heavy (non-hydrogen) atoms. The molecule has 0 aliphatic heterocycles. The molecule has 0 saturated heterocycles. The van der Waals surface area contributed by atoms with Gasteiger partial charge in [-0.05, 0) is 15.9 Å². The zero-order valence-electron chi connectivity index (χ0n) is 13.4. The first-order valence-corrected chi connectivity index (χ1v) is 8.12. The molecule has 0 nitrogen and oxygen atoms in total. The van der Waals surface area contributed by atoms with Gasteiger partial charge in [0.25, 0.3) is 0 Å². The van der Waals surface area contributed by atoms with Gasteiger partial charge in [-0.1, -0.05) is 18.2 Å². The van der Waals surface area contributed by atoms with E-state index in [4.69, 9.17) is 0 Å². The van der Waals surface area contributed by atoms with E-state index in [0.29, 0.717) is 0 Å². The summed E-state index contributed by atoms with van der Waals surface area (Å²) in [5.41, 5.74) is -4.48. The fourth-order valence-electron chi connectivity index (χ4n) is 2.60. The fourth-order valence-corrected chi connectivity index (χ4v) is 3.26. The molecular weight excluding hydrogens is 486 g/mol. The van der Waals surface area contributed by atoms with Crippen molar-refractivity contribution >= 4 is 15.9 Å². The zero-order chi connectivity index (χ0) is 21.8. The molecular formula is C18H3BrF10. The predicted octanol–water partition coefficient (Wildman–Crippen LogP) is 7.17. The highest BCUT2D eigenvalue weighted by molar-refractivity contribution is 9.10. The van der Waals surface area contributed by atoms with Crippen LogP contribution in [0, 0.1) is 58.2 Å². The zero-order valence-corrected chi connectivity index (χ0v) is 15.0. The van der Waals surface area contributed by atoms with Crippen LogP contribution in [-0.2, 0) is 0 Å². The molecule has 0 aliphatic rings. The average molecular weight is 489 g/mol. The Morgan fingerprint density at radius 3 is 0.931 bits per heavy atom. The molecule has 3 aromatic rings. The molecule has 11 heteroatoms. The molecule has 0 bridgehead atoms. The standard InChI is InChI=1S/C18H3BrF10/c19-8-4(6-9(20)13(24)17(28)14(25)10(6)21)2-1-3-5(8)7-11(22)15(26)18(29)16(27)12(7)23/h1-3H. The lowest BCUT2D eigenvalue weighted by molar-refractivity contribution is 0.381. The van der Waals surface area contributed by atoms with E-state index < -0.39 is 84.9 Å². The monoisotopic (exact) mass is 488 g/mol. The lowest BCUT2D eigenvalue weighted by Crippen LogP contribution is -2.06. The Bertz CT molecular complexity index is 1030. The minimum atomic E-state index is -2.43. The summed E-state index contributed by atoms with van der Waals surface area (Å²) < 4.78 is 136. The first-order chi connectivity index (χ1) is 13.5. The van der Waals surface area contributed by atoms with E-state index >= 15 is 0 Å². The van der Waals surface area contributed by atoms with Gasteiger partial charge in [0.05, 0.1) is 11.1 Å². The van der Waals surface area contributed by atoms with Gasteiger partial charge in [0, 0.05) is 15.6 Å². The van der Waals surface area contributed by atoms with Crippen molar-refractivity contribution in [2.75, 3.05) is 0 Å². The first-order valence-electron chi connectivity index (χ1n) is 7.32. The molecule has 0 N–H and O–H groups in total. The van der Waals surface area contributed by atoms with Crippen LogP contribution in [0.5, 0.6) is 0 Å². The Labute approximate surface area is 163 Å². The van der Waals surface area contributed by atoms with Crippen LogP contribution in [0.25, 0.3) is 22.3 Å². The first kappa shape index (κ1) is 21.2. The molecule has 3 aromatic carbocycles. The third kappa shape index (κ3) is 3.07. The van der Waals surface area contributed by atoms with Crippen molar-refractivity contribution in [3.05, 3.63) is 80.8 Å². The lowest BCUT2D eigenvalue weighted by Gasteiger charge is -2.15. The minimum absolute atomic E-state index is 0.675. The van der Waals surface area contributed by atoms with E-state index in [0.717, 1.165) is 18.2 Å². The smallest absolute Gasteiger partial charge is 0.200 e. The molecule has 3 rings (SSSR count). The number of rotatable bonds is 2. The van der Waals surface area contributed by atoms with Crippen molar-refractivity contribution in [2.45, 2.75) is 0 Å². The minimum Gasteiger partial charge on any atom is -0.203 e. The van der Waals surface area contributed by atoms with Gasteiger partial charge in [0.1, 0.15) is 0 Å². The Hall–Kier alpha value is -2.56. The van der Waals surface area contributed by atoms with Crippen molar-refractivity contribution in [1.82, 2.24) is 0 Å². The van der Waals surface area contributed by atoms with E-state index in [1.54, 1.807) is 0 Å². The molecule has 0 atom stereocenters. The number of benzene rings is 3. The second-order valence-electron chi connectivity index (χ2n) is 5.56. The van der Waals surface area contributed by atoms with Crippen LogP contribution in [0.2, 0.25) is 0 Å². The van der Waals surface area contributed by atoms with Crippen LogP contribution in [0.4, 0.5) is 43.9 Å². The molecule has 0 amide bonds. The van der Waals surface area contributed by atoms with Gasteiger partial charge in [0.15, 0.2) is 46.5 Å². The summed E-state index contributed by atoms with van der Waals surface area (Å²) in [6.45, 7) is 0. The second kappa shape index (κ2) is 7.36. The normalized spacial score (nSPS) is 11.3. The maximum atomic E-state index is 14.1. The maximum absolute atomic E-state index is 14.1. The summed E-state index contributed by atoms with van der Waals surface area (Å²) in [6, 6.07) is 2.50. The number of hydrogen-bond acceptors (Lipinski definition) is 0. The molecule has 0 heterocycles. The summed E-state index contributed by atoms with van der Waals surface area (Å²) in [7, 11) is 0. The quantitative estimate of drug-likeness (QED) is 0.204. The topological polar surface area (TPSA) is 0 Å². The largest absolute Gasteiger partial charge is 0.203 e. The van der Waals surface area contributed by atoms with Gasteiger partial charge in [-0.15, -0.1) is 0 Å². The summed E-state index contributed by atoms with van der Waals surface area (Å²) in [6.07, 6.45) is 0. The predicted molar refractivity (Wildman–Crippen MR) is 84.6 cm³/mol. The van der Waals surface area contributed by atoms with E-state index in [1.165, 1.54) is 0 Å². The summed E-state index contributed by atoms with van der Waals surface area (Å²) >= 11 is 2.68. The molecule has 0 saturated carbocycles. The maximum Gasteiger partial charge on any atom is 0.200 e. The average Bonchev–Trinajstić information content (AvgIpc) is 2.70. The van der Waals surface area contributed by atoms with E-state index in [-0.39, 0.29) is 0 Å². The lowest BCUT2D eigenvalue weighted by atomic mass is 9.97. The third-order valence-corrected chi connectivity index (χ3v) is 4.81. The van der Waals surface area contributed by atoms with Crippen molar-refractivity contribution in [1.29, 1.82) is 0 Å². The number of halogens is 11. The van der Waals surface area contributed by atoms with Crippen molar-refractivity contribution in [3.8, 4) is 22.3 Å². The van der Waals surface area contributed by atoms with Crippen LogP contribution in [0.1, 0.15) is 0 Å². The van der Waals surface area contributed by atoms with E-state index in [9.17, 15) is 43.9 Å². The molecule has 152 valence electrons. The van der Waals surface area contributed by atoms with Crippen LogP contribution >= 0.6 is 15.9 Å². The van der Waals surface area contributed by atoms with E-state index in [2.05, 4.69) is 15.9 Å². The van der Waals surface area contributed by atoms with Crippen LogP contribution < -0.4 is 0 Å². The molecule has 0 fully saturated rings. The summed E-state index contributed by atoms with van der Waals surface area (Å²) in [4.78, 5) is 0. The Morgan fingerprint density at radius 1 is 0.414 bits per heavy atom. The fraction of sp³-hybridized carbons (Fsp3) is 0. The second-order valence-corrected chi connectivity index (χ2v) is 6.35. The van der Waals surface area contributed by atoms with Gasteiger partial charge in [-0.3, -0.25) is 0 Å². The Morgan fingerprint density at radius 2 is 0.655 bits per heavy atom. The number of hydrogen-bond donors (Lipinski definition) is 0. The van der Waals surface area contributed by atoms with Gasteiger partial charge in [-0.2, -0.15) is 0 Å². The van der Waals surface area contributed by atoms with Crippen molar-refractivity contribution < 1.29 is 43.9 Å². The van der Waals surface area contributed by atoms with Crippen molar-refractivity contribution in [3.63, 3.8) is 0 Å². The molecule has 0 aliphatic carbocycles. The Balaban J connectivity index is 2.40. The van der Waals surface area contributed by atoms with Crippen LogP contribution in [-0.4, -0.2) is 0 Å². The molecule has 0 aromatic heterocycles. The van der Waals surface area contributed by atoms with Gasteiger partial charge >= 0.3 is 0 Å². The SMILES string of the molecule is Fc1c(F)c(F)c(-c2cccc(-c3c(F)c(F)c(F)c(F)c3F)c2Br)c(F)c1F.